The number of ketones is 1. The third-order valence-corrected chi connectivity index (χ3v) is 6.36. The van der Waals surface area contributed by atoms with Gasteiger partial charge in [0.2, 0.25) is 0 Å². The first-order valence-electron chi connectivity index (χ1n) is 10.1. The molecule has 0 radical (unpaired) electrons. The van der Waals surface area contributed by atoms with Crippen molar-refractivity contribution in [2.45, 2.75) is 51.6 Å². The number of aromatic amines is 1. The molecule has 154 valence electrons. The zero-order valence-corrected chi connectivity index (χ0v) is 17.0. The van der Waals surface area contributed by atoms with E-state index in [1.54, 1.807) is 23.2 Å². The Hall–Kier alpha value is -2.90. The van der Waals surface area contributed by atoms with Gasteiger partial charge in [0, 0.05) is 30.9 Å². The highest BCUT2D eigenvalue weighted by molar-refractivity contribution is 5.99. The van der Waals surface area contributed by atoms with Crippen LogP contribution in [0.1, 0.15) is 69.6 Å². The van der Waals surface area contributed by atoms with E-state index in [4.69, 9.17) is 0 Å². The molecule has 2 amide bonds. The van der Waals surface area contributed by atoms with E-state index in [-0.39, 0.29) is 29.7 Å². The number of carbonyl (C=O) groups excluding carboxylic acids is 3. The molecule has 2 aromatic rings. The Morgan fingerprint density at radius 3 is 2.14 bits per heavy atom. The van der Waals surface area contributed by atoms with Crippen LogP contribution >= 0.6 is 0 Å². The Balaban J connectivity index is 1.29. The van der Waals surface area contributed by atoms with Crippen molar-refractivity contribution >= 4 is 17.6 Å². The lowest BCUT2D eigenvalue weighted by molar-refractivity contribution is 0.0926. The zero-order chi connectivity index (χ0) is 20.7. The summed E-state index contributed by atoms with van der Waals surface area (Å²) in [6.45, 7) is 3.32. The highest BCUT2D eigenvalue weighted by Gasteiger charge is 2.42. The summed E-state index contributed by atoms with van der Waals surface area (Å²) < 4.78 is 1.75. The first-order chi connectivity index (χ1) is 13.8. The lowest BCUT2D eigenvalue weighted by Crippen LogP contribution is -2.37. The maximum atomic E-state index is 12.6. The van der Waals surface area contributed by atoms with Crippen LogP contribution in [0.25, 0.3) is 0 Å². The molecule has 2 heterocycles. The monoisotopic (exact) mass is 397 g/mol. The molecule has 2 aliphatic rings. The number of hydrogen-bond acceptors (Lipinski definition) is 4. The fourth-order valence-electron chi connectivity index (χ4n) is 4.97. The van der Waals surface area contributed by atoms with Crippen LogP contribution in [-0.4, -0.2) is 44.2 Å². The average molecular weight is 397 g/mol. The Morgan fingerprint density at radius 1 is 1.07 bits per heavy atom. The molecule has 2 saturated carbocycles. The maximum absolute atomic E-state index is 12.6. The van der Waals surface area contributed by atoms with E-state index >= 15 is 0 Å². The summed E-state index contributed by atoms with van der Waals surface area (Å²) >= 11 is 0. The molecule has 0 saturated heterocycles. The van der Waals surface area contributed by atoms with Crippen LogP contribution in [0.2, 0.25) is 0 Å². The molecular formula is C21H27N5O3. The second kappa shape index (κ2) is 7.50. The molecule has 2 aromatic heterocycles. The lowest BCUT2D eigenvalue weighted by Gasteiger charge is -2.17. The van der Waals surface area contributed by atoms with Crippen molar-refractivity contribution in [3.05, 3.63) is 41.2 Å². The van der Waals surface area contributed by atoms with Crippen molar-refractivity contribution in [3.8, 4) is 0 Å². The van der Waals surface area contributed by atoms with Gasteiger partial charge in [0.1, 0.15) is 11.4 Å². The normalized spacial score (nSPS) is 25.6. The van der Waals surface area contributed by atoms with Crippen molar-refractivity contribution in [1.82, 2.24) is 25.2 Å². The largest absolute Gasteiger partial charge is 0.356 e. The smallest absolute Gasteiger partial charge is 0.270 e. The van der Waals surface area contributed by atoms with Gasteiger partial charge in [-0.05, 0) is 57.4 Å². The van der Waals surface area contributed by atoms with Gasteiger partial charge in [0.25, 0.3) is 11.8 Å². The number of Topliss-reactive ketones (excluding diaryl/α,β-unsaturated/α-hetero) is 1. The predicted octanol–water partition coefficient (Wildman–Crippen LogP) is 1.98. The third kappa shape index (κ3) is 3.83. The molecule has 3 N–H and O–H groups in total. The van der Waals surface area contributed by atoms with Crippen LogP contribution < -0.4 is 10.6 Å². The van der Waals surface area contributed by atoms with Crippen molar-refractivity contribution in [2.75, 3.05) is 0 Å². The number of rotatable bonds is 5. The van der Waals surface area contributed by atoms with Gasteiger partial charge >= 0.3 is 0 Å². The van der Waals surface area contributed by atoms with Crippen LogP contribution in [0.4, 0.5) is 0 Å². The van der Waals surface area contributed by atoms with Crippen LogP contribution in [0, 0.1) is 18.8 Å². The highest BCUT2D eigenvalue weighted by Crippen LogP contribution is 2.44. The number of hydrogen-bond donors (Lipinski definition) is 3. The summed E-state index contributed by atoms with van der Waals surface area (Å²) in [4.78, 5) is 43.5. The van der Waals surface area contributed by atoms with E-state index in [2.05, 4.69) is 20.6 Å². The predicted molar refractivity (Wildman–Crippen MR) is 107 cm³/mol. The Kier molecular flexibility index (Phi) is 5.02. The van der Waals surface area contributed by atoms with Crippen LogP contribution in [0.3, 0.4) is 0 Å². The summed E-state index contributed by atoms with van der Waals surface area (Å²) in [6, 6.07) is 1.90. The molecule has 4 atom stereocenters. The molecule has 0 bridgehead atoms. The number of amides is 2. The molecule has 4 rings (SSSR count). The van der Waals surface area contributed by atoms with E-state index in [1.807, 2.05) is 14.0 Å². The van der Waals surface area contributed by atoms with Gasteiger partial charge in [-0.25, -0.2) is 4.98 Å². The molecule has 2 aliphatic carbocycles. The molecule has 8 heteroatoms. The Bertz CT molecular complexity index is 926. The van der Waals surface area contributed by atoms with Crippen LogP contribution in [-0.2, 0) is 7.05 Å². The number of aryl methyl sites for hydroxylation is 2. The molecule has 2 fully saturated rings. The topological polar surface area (TPSA) is 109 Å². The molecule has 2 unspecified atom stereocenters. The number of imidazole rings is 1. The van der Waals surface area contributed by atoms with E-state index in [9.17, 15) is 14.4 Å². The summed E-state index contributed by atoms with van der Waals surface area (Å²) in [5.41, 5.74) is 2.29. The Morgan fingerprint density at radius 2 is 1.66 bits per heavy atom. The summed E-state index contributed by atoms with van der Waals surface area (Å²) in [6.07, 6.45) is 6.96. The van der Waals surface area contributed by atoms with E-state index < -0.39 is 0 Å². The summed E-state index contributed by atoms with van der Waals surface area (Å²) in [5.74, 6) is 0.721. The SMILES string of the molecule is CC(=O)c1c[nH]c(C(=O)NC2C[C@@H]3CC(NC(=O)c4c(C)ncn4C)C[C@@H]3C2)c1. The number of nitrogens with zero attached hydrogens (tertiary/aromatic N) is 2. The van der Waals surface area contributed by atoms with Gasteiger partial charge in [-0.1, -0.05) is 0 Å². The van der Waals surface area contributed by atoms with Crippen molar-refractivity contribution in [1.29, 1.82) is 0 Å². The lowest BCUT2D eigenvalue weighted by atomic mass is 10.0. The van der Waals surface area contributed by atoms with Gasteiger partial charge in [-0.15, -0.1) is 0 Å². The molecule has 0 spiro atoms. The van der Waals surface area contributed by atoms with Crippen molar-refractivity contribution in [2.24, 2.45) is 18.9 Å². The van der Waals surface area contributed by atoms with Crippen LogP contribution in [0.15, 0.2) is 18.6 Å². The minimum absolute atomic E-state index is 0.0645. The number of aromatic nitrogens is 3. The number of carbonyl (C=O) groups is 3. The van der Waals surface area contributed by atoms with E-state index in [1.165, 1.54) is 6.92 Å². The van der Waals surface area contributed by atoms with Crippen LogP contribution in [0.5, 0.6) is 0 Å². The number of nitrogens with one attached hydrogen (secondary N) is 3. The van der Waals surface area contributed by atoms with E-state index in [0.717, 1.165) is 31.4 Å². The second-order valence-electron chi connectivity index (χ2n) is 8.45. The minimum Gasteiger partial charge on any atom is -0.356 e. The molecule has 0 aromatic carbocycles. The Labute approximate surface area is 169 Å². The first-order valence-corrected chi connectivity index (χ1v) is 10.1. The molecule has 0 aliphatic heterocycles. The highest BCUT2D eigenvalue weighted by atomic mass is 16.2. The number of H-pyrrole nitrogens is 1. The fraction of sp³-hybridized carbons (Fsp3) is 0.524. The molecule has 8 nitrogen and oxygen atoms in total. The maximum Gasteiger partial charge on any atom is 0.270 e. The van der Waals surface area contributed by atoms with Crippen molar-refractivity contribution < 1.29 is 14.4 Å². The minimum atomic E-state index is -0.168. The van der Waals surface area contributed by atoms with Gasteiger partial charge in [0.05, 0.1) is 12.0 Å². The average Bonchev–Trinajstić information content (AvgIpc) is 3.38. The van der Waals surface area contributed by atoms with Crippen molar-refractivity contribution in [3.63, 3.8) is 0 Å². The van der Waals surface area contributed by atoms with Gasteiger partial charge < -0.3 is 20.2 Å². The van der Waals surface area contributed by atoms with Gasteiger partial charge in [0.15, 0.2) is 5.78 Å². The summed E-state index contributed by atoms with van der Waals surface area (Å²) in [5, 5.41) is 6.25. The fourth-order valence-corrected chi connectivity index (χ4v) is 4.97. The first kappa shape index (κ1) is 19.4. The molecule has 29 heavy (non-hydrogen) atoms. The quantitative estimate of drug-likeness (QED) is 0.670. The van der Waals surface area contributed by atoms with E-state index in [0.29, 0.717) is 28.8 Å². The van der Waals surface area contributed by atoms with Gasteiger partial charge in [-0.3, -0.25) is 14.4 Å². The zero-order valence-electron chi connectivity index (χ0n) is 17.0. The summed E-state index contributed by atoms with van der Waals surface area (Å²) in [7, 11) is 1.83. The number of fused-ring (bicyclic) bond motifs is 1. The van der Waals surface area contributed by atoms with Gasteiger partial charge in [-0.2, -0.15) is 0 Å². The molecular weight excluding hydrogens is 370 g/mol. The second-order valence-corrected chi connectivity index (χ2v) is 8.45. The third-order valence-electron chi connectivity index (χ3n) is 6.36. The standard InChI is InChI=1S/C21H27N5O3/c1-11-19(26(3)10-23-11)21(29)25-17-6-13-4-16(5-14(13)7-17)24-20(28)18-8-15(9-22-18)12(2)27/h8-10,13-14,16-17,22H,4-7H2,1-3H3,(H,24,28)(H,25,29)/t13-,14+,16?,17?.